The van der Waals surface area contributed by atoms with Crippen molar-refractivity contribution in [2.24, 2.45) is 5.41 Å². The van der Waals surface area contributed by atoms with Crippen molar-refractivity contribution in [1.29, 1.82) is 0 Å². The van der Waals surface area contributed by atoms with Crippen LogP contribution in [0.1, 0.15) is 29.6 Å². The molecule has 0 amide bonds. The number of carboxylic acids is 1. The van der Waals surface area contributed by atoms with Crippen molar-refractivity contribution >= 4 is 27.6 Å². The Balaban J connectivity index is 2.13. The van der Waals surface area contributed by atoms with Crippen LogP contribution in [0, 0.1) is 5.41 Å². The van der Waals surface area contributed by atoms with Gasteiger partial charge in [0.25, 0.3) is 0 Å². The topological polar surface area (TPSA) is 104 Å². The van der Waals surface area contributed by atoms with Crippen LogP contribution in [0.25, 0.3) is 0 Å². The number of aliphatic hydroxyl groups is 1. The number of rotatable bonds is 7. The van der Waals surface area contributed by atoms with Crippen LogP contribution in [0.2, 0.25) is 5.02 Å². The molecule has 0 spiro atoms. The van der Waals surface area contributed by atoms with E-state index < -0.39 is 16.0 Å². The van der Waals surface area contributed by atoms with E-state index in [4.69, 9.17) is 21.8 Å². The van der Waals surface area contributed by atoms with Gasteiger partial charge in [0.05, 0.1) is 15.5 Å². The summed E-state index contributed by atoms with van der Waals surface area (Å²) in [5.74, 6) is -1.21. The molecule has 0 radical (unpaired) electrons. The molecule has 0 atom stereocenters. The van der Waals surface area contributed by atoms with Crippen LogP contribution in [0.4, 0.5) is 0 Å². The van der Waals surface area contributed by atoms with E-state index in [-0.39, 0.29) is 34.0 Å². The average molecular weight is 334 g/mol. The Labute approximate surface area is 127 Å². The summed E-state index contributed by atoms with van der Waals surface area (Å²) < 4.78 is 26.8. The van der Waals surface area contributed by atoms with Crippen molar-refractivity contribution in [3.05, 3.63) is 28.8 Å². The second-order valence-corrected chi connectivity index (χ2v) is 7.42. The van der Waals surface area contributed by atoms with E-state index in [2.05, 4.69) is 4.72 Å². The van der Waals surface area contributed by atoms with E-state index in [1.54, 1.807) is 0 Å². The molecule has 1 saturated carbocycles. The Morgan fingerprint density at radius 2 is 2.05 bits per heavy atom. The second kappa shape index (κ2) is 5.92. The zero-order valence-electron chi connectivity index (χ0n) is 11.2. The van der Waals surface area contributed by atoms with Crippen LogP contribution < -0.4 is 4.72 Å². The van der Waals surface area contributed by atoms with Crippen LogP contribution in [-0.2, 0) is 10.0 Å². The fourth-order valence-electron chi connectivity index (χ4n) is 2.10. The van der Waals surface area contributed by atoms with Crippen molar-refractivity contribution in [2.75, 3.05) is 13.2 Å². The molecule has 2 rings (SSSR count). The van der Waals surface area contributed by atoms with Crippen molar-refractivity contribution in [2.45, 2.75) is 24.2 Å². The summed E-state index contributed by atoms with van der Waals surface area (Å²) in [4.78, 5) is 10.8. The monoisotopic (exact) mass is 333 g/mol. The van der Waals surface area contributed by atoms with Crippen molar-refractivity contribution in [3.63, 3.8) is 0 Å². The van der Waals surface area contributed by atoms with Crippen LogP contribution in [0.5, 0.6) is 0 Å². The van der Waals surface area contributed by atoms with Crippen molar-refractivity contribution in [3.8, 4) is 0 Å². The molecule has 1 aliphatic carbocycles. The third-order valence-electron chi connectivity index (χ3n) is 3.72. The molecule has 8 heteroatoms. The van der Waals surface area contributed by atoms with Gasteiger partial charge in [0, 0.05) is 13.2 Å². The van der Waals surface area contributed by atoms with Gasteiger partial charge in [-0.3, -0.25) is 0 Å². The summed E-state index contributed by atoms with van der Waals surface area (Å²) in [7, 11) is -3.75. The largest absolute Gasteiger partial charge is 0.478 e. The van der Waals surface area contributed by atoms with Gasteiger partial charge in [-0.1, -0.05) is 11.6 Å². The van der Waals surface area contributed by atoms with E-state index in [0.717, 1.165) is 18.9 Å². The first-order valence-corrected chi connectivity index (χ1v) is 8.29. The third kappa shape index (κ3) is 3.74. The molecule has 3 N–H and O–H groups in total. The first-order chi connectivity index (χ1) is 9.80. The van der Waals surface area contributed by atoms with Gasteiger partial charge in [0.2, 0.25) is 10.0 Å². The third-order valence-corrected chi connectivity index (χ3v) is 5.43. The van der Waals surface area contributed by atoms with Gasteiger partial charge in [0.1, 0.15) is 0 Å². The Kier molecular flexibility index (Phi) is 4.57. The molecule has 1 aromatic rings. The molecule has 0 heterocycles. The van der Waals surface area contributed by atoms with Gasteiger partial charge in [-0.25, -0.2) is 17.9 Å². The van der Waals surface area contributed by atoms with E-state index in [1.807, 2.05) is 0 Å². The lowest BCUT2D eigenvalue weighted by molar-refractivity contribution is 0.0697. The minimum absolute atomic E-state index is 0.0286. The van der Waals surface area contributed by atoms with Gasteiger partial charge in [-0.2, -0.15) is 0 Å². The molecule has 116 valence electrons. The van der Waals surface area contributed by atoms with Gasteiger partial charge in [-0.15, -0.1) is 0 Å². The SMILES string of the molecule is O=C(O)c1ccc(S(=O)(=O)NCC2(CCO)CC2)cc1Cl. The number of hydrogen-bond donors (Lipinski definition) is 3. The predicted molar refractivity (Wildman–Crippen MR) is 77.0 cm³/mol. The van der Waals surface area contributed by atoms with Gasteiger partial charge < -0.3 is 10.2 Å². The highest BCUT2D eigenvalue weighted by molar-refractivity contribution is 7.89. The second-order valence-electron chi connectivity index (χ2n) is 5.24. The smallest absolute Gasteiger partial charge is 0.337 e. The Morgan fingerprint density at radius 1 is 1.38 bits per heavy atom. The number of benzene rings is 1. The van der Waals surface area contributed by atoms with Gasteiger partial charge in [0.15, 0.2) is 0 Å². The summed E-state index contributed by atoms with van der Waals surface area (Å²) in [5.41, 5.74) is -0.290. The van der Waals surface area contributed by atoms with E-state index in [0.29, 0.717) is 6.42 Å². The molecule has 21 heavy (non-hydrogen) atoms. The highest BCUT2D eigenvalue weighted by Crippen LogP contribution is 2.48. The van der Waals surface area contributed by atoms with Gasteiger partial charge >= 0.3 is 5.97 Å². The first-order valence-electron chi connectivity index (χ1n) is 6.43. The van der Waals surface area contributed by atoms with E-state index in [9.17, 15) is 13.2 Å². The van der Waals surface area contributed by atoms with Crippen molar-refractivity contribution < 1.29 is 23.4 Å². The Bertz CT molecular complexity index is 655. The highest BCUT2D eigenvalue weighted by Gasteiger charge is 2.42. The molecular weight excluding hydrogens is 318 g/mol. The number of aliphatic hydroxyl groups excluding tert-OH is 1. The summed E-state index contributed by atoms with van der Waals surface area (Å²) in [6.07, 6.45) is 2.33. The number of carbonyl (C=O) groups is 1. The van der Waals surface area contributed by atoms with Crippen LogP contribution >= 0.6 is 11.6 Å². The summed E-state index contributed by atoms with van der Waals surface area (Å²) in [6, 6.07) is 3.50. The molecule has 1 aliphatic rings. The molecule has 1 aromatic carbocycles. The van der Waals surface area contributed by atoms with E-state index in [1.165, 1.54) is 12.1 Å². The van der Waals surface area contributed by atoms with Gasteiger partial charge in [-0.05, 0) is 42.9 Å². The minimum atomic E-state index is -3.75. The fraction of sp³-hybridized carbons (Fsp3) is 0.462. The van der Waals surface area contributed by atoms with Crippen LogP contribution in [-0.4, -0.2) is 37.8 Å². The standard InChI is InChI=1S/C13H16ClNO5S/c14-11-7-9(1-2-10(11)12(17)18)21(19,20)15-8-13(3-4-13)5-6-16/h1-2,7,15-16H,3-6,8H2,(H,17,18). The molecular formula is C13H16ClNO5S. The number of aromatic carboxylic acids is 1. The number of carboxylic acid groups (broad SMARTS) is 1. The average Bonchev–Trinajstić information content (AvgIpc) is 3.17. The molecule has 6 nitrogen and oxygen atoms in total. The normalized spacial score (nSPS) is 16.7. The minimum Gasteiger partial charge on any atom is -0.478 e. The van der Waals surface area contributed by atoms with Crippen LogP contribution in [0.3, 0.4) is 0 Å². The zero-order valence-corrected chi connectivity index (χ0v) is 12.7. The maximum absolute atomic E-state index is 12.2. The summed E-state index contributed by atoms with van der Waals surface area (Å²) in [6.45, 7) is 0.287. The molecule has 0 bridgehead atoms. The number of sulfonamides is 1. The van der Waals surface area contributed by atoms with Crippen molar-refractivity contribution in [1.82, 2.24) is 4.72 Å². The lowest BCUT2D eigenvalue weighted by atomic mass is 10.0. The lowest BCUT2D eigenvalue weighted by Gasteiger charge is -2.15. The molecule has 0 aliphatic heterocycles. The molecule has 0 unspecified atom stereocenters. The quantitative estimate of drug-likeness (QED) is 0.701. The Hall–Kier alpha value is -1.15. The molecule has 0 aromatic heterocycles. The van der Waals surface area contributed by atoms with Crippen LogP contribution in [0.15, 0.2) is 23.1 Å². The first kappa shape index (κ1) is 16.2. The summed E-state index contributed by atoms with van der Waals surface area (Å²) >= 11 is 5.78. The predicted octanol–water partition coefficient (Wildman–Crippen LogP) is 1.48. The van der Waals surface area contributed by atoms with E-state index >= 15 is 0 Å². The zero-order chi connectivity index (χ0) is 15.7. The fourth-order valence-corrected chi connectivity index (χ4v) is 3.61. The number of halogens is 1. The Morgan fingerprint density at radius 3 is 2.52 bits per heavy atom. The number of hydrogen-bond acceptors (Lipinski definition) is 4. The lowest BCUT2D eigenvalue weighted by Crippen LogP contribution is -2.30. The number of nitrogens with one attached hydrogen (secondary N) is 1. The maximum Gasteiger partial charge on any atom is 0.337 e. The summed E-state index contributed by atoms with van der Waals surface area (Å²) in [5, 5.41) is 17.7. The maximum atomic E-state index is 12.2. The molecule has 0 saturated heterocycles. The molecule has 1 fully saturated rings. The highest BCUT2D eigenvalue weighted by atomic mass is 35.5.